The molecular formula is C14H21ClFNO. The van der Waals surface area contributed by atoms with Crippen LogP contribution in [0.2, 0.25) is 5.02 Å². The molecule has 102 valence electrons. The summed E-state index contributed by atoms with van der Waals surface area (Å²) in [5, 5.41) is 3.49. The summed E-state index contributed by atoms with van der Waals surface area (Å²) in [6.07, 6.45) is 2.33. The third-order valence-electron chi connectivity index (χ3n) is 2.70. The van der Waals surface area contributed by atoms with Crippen molar-refractivity contribution in [3.63, 3.8) is 0 Å². The van der Waals surface area contributed by atoms with Crippen LogP contribution in [-0.2, 0) is 0 Å². The van der Waals surface area contributed by atoms with Crippen LogP contribution in [0.25, 0.3) is 0 Å². The zero-order valence-corrected chi connectivity index (χ0v) is 11.9. The van der Waals surface area contributed by atoms with Gasteiger partial charge in [0.05, 0.1) is 5.02 Å². The summed E-state index contributed by atoms with van der Waals surface area (Å²) in [6, 6.07) is 4.89. The van der Waals surface area contributed by atoms with Gasteiger partial charge in [-0.15, -0.1) is 0 Å². The van der Waals surface area contributed by atoms with E-state index in [-0.39, 0.29) is 11.1 Å². The van der Waals surface area contributed by atoms with E-state index in [9.17, 15) is 4.39 Å². The Morgan fingerprint density at radius 2 is 2.11 bits per heavy atom. The van der Waals surface area contributed by atoms with Crippen molar-refractivity contribution in [3.8, 4) is 5.75 Å². The van der Waals surface area contributed by atoms with Crippen molar-refractivity contribution >= 4 is 11.6 Å². The van der Waals surface area contributed by atoms with Crippen LogP contribution in [-0.4, -0.2) is 18.7 Å². The molecule has 1 N–H and O–H groups in total. The largest absolute Gasteiger partial charge is 0.489 e. The second-order valence-electron chi connectivity index (χ2n) is 4.60. The highest BCUT2D eigenvalue weighted by Crippen LogP contribution is 2.21. The molecule has 2 atom stereocenters. The molecule has 0 spiro atoms. The quantitative estimate of drug-likeness (QED) is 0.810. The molecule has 0 saturated carbocycles. The Hall–Kier alpha value is -0.800. The highest BCUT2D eigenvalue weighted by molar-refractivity contribution is 6.30. The molecule has 18 heavy (non-hydrogen) atoms. The summed E-state index contributed by atoms with van der Waals surface area (Å²) >= 11 is 5.70. The van der Waals surface area contributed by atoms with E-state index in [2.05, 4.69) is 19.2 Å². The third-order valence-corrected chi connectivity index (χ3v) is 2.99. The Morgan fingerprint density at radius 3 is 2.72 bits per heavy atom. The Morgan fingerprint density at radius 1 is 1.39 bits per heavy atom. The summed E-state index contributed by atoms with van der Waals surface area (Å²) < 4.78 is 18.6. The molecule has 0 aromatic heterocycles. The lowest BCUT2D eigenvalue weighted by molar-refractivity contribution is 0.211. The Labute approximate surface area is 113 Å². The fourth-order valence-corrected chi connectivity index (χ4v) is 1.90. The lowest BCUT2D eigenvalue weighted by Gasteiger charge is -2.19. The summed E-state index contributed by atoms with van der Waals surface area (Å²) in [7, 11) is 0. The SMILES string of the molecule is CCCC(C)NCC(C)Oc1ccc(F)c(Cl)c1. The number of benzene rings is 1. The monoisotopic (exact) mass is 273 g/mol. The first kappa shape index (κ1) is 15.3. The first-order chi connectivity index (χ1) is 8.52. The predicted octanol–water partition coefficient (Wildman–Crippen LogP) is 4.02. The number of rotatable bonds is 7. The van der Waals surface area contributed by atoms with Crippen molar-refractivity contribution in [1.29, 1.82) is 0 Å². The molecule has 0 saturated heterocycles. The van der Waals surface area contributed by atoms with Gasteiger partial charge >= 0.3 is 0 Å². The first-order valence-corrected chi connectivity index (χ1v) is 6.75. The Balaban J connectivity index is 2.39. The van der Waals surface area contributed by atoms with Crippen LogP contribution < -0.4 is 10.1 Å². The van der Waals surface area contributed by atoms with Gasteiger partial charge in [-0.1, -0.05) is 24.9 Å². The Bertz CT molecular complexity index is 373. The first-order valence-electron chi connectivity index (χ1n) is 6.38. The molecule has 0 fully saturated rings. The number of hydrogen-bond donors (Lipinski definition) is 1. The highest BCUT2D eigenvalue weighted by atomic mass is 35.5. The summed E-state index contributed by atoms with van der Waals surface area (Å²) in [5.41, 5.74) is 0. The van der Waals surface area contributed by atoms with Gasteiger partial charge in [0.15, 0.2) is 0 Å². The van der Waals surface area contributed by atoms with Crippen LogP contribution in [0.5, 0.6) is 5.75 Å². The molecule has 0 aliphatic heterocycles. The smallest absolute Gasteiger partial charge is 0.142 e. The van der Waals surface area contributed by atoms with Gasteiger partial charge in [-0.3, -0.25) is 0 Å². The zero-order chi connectivity index (χ0) is 13.5. The normalized spacial score (nSPS) is 14.3. The molecule has 4 heteroatoms. The van der Waals surface area contributed by atoms with Crippen molar-refractivity contribution in [1.82, 2.24) is 5.32 Å². The molecule has 2 nitrogen and oxygen atoms in total. The fourth-order valence-electron chi connectivity index (χ4n) is 1.73. The van der Waals surface area contributed by atoms with E-state index in [1.165, 1.54) is 12.1 Å². The van der Waals surface area contributed by atoms with Gasteiger partial charge in [-0.25, -0.2) is 4.39 Å². The molecule has 0 aliphatic carbocycles. The third kappa shape index (κ3) is 5.23. The van der Waals surface area contributed by atoms with Crippen LogP contribution >= 0.6 is 11.6 Å². The van der Waals surface area contributed by atoms with Crippen LogP contribution in [0.4, 0.5) is 4.39 Å². The summed E-state index contributed by atoms with van der Waals surface area (Å²) in [5.74, 6) is 0.171. The minimum atomic E-state index is -0.425. The minimum Gasteiger partial charge on any atom is -0.489 e. The molecule has 0 amide bonds. The number of hydrogen-bond acceptors (Lipinski definition) is 2. The van der Waals surface area contributed by atoms with Gasteiger partial charge in [-0.05, 0) is 32.4 Å². The molecule has 0 bridgehead atoms. The molecule has 1 aromatic carbocycles. The molecule has 0 radical (unpaired) electrons. The van der Waals surface area contributed by atoms with Gasteiger partial charge in [0.25, 0.3) is 0 Å². The van der Waals surface area contributed by atoms with Crippen molar-refractivity contribution < 1.29 is 9.13 Å². The van der Waals surface area contributed by atoms with E-state index in [1.54, 1.807) is 6.07 Å². The van der Waals surface area contributed by atoms with E-state index in [0.29, 0.717) is 11.8 Å². The van der Waals surface area contributed by atoms with Crippen LogP contribution in [0.1, 0.15) is 33.6 Å². The Kier molecular flexibility index (Phi) is 6.44. The number of halogens is 2. The van der Waals surface area contributed by atoms with Gasteiger partial charge in [0.1, 0.15) is 17.7 Å². The van der Waals surface area contributed by atoms with E-state index >= 15 is 0 Å². The molecular weight excluding hydrogens is 253 g/mol. The van der Waals surface area contributed by atoms with E-state index < -0.39 is 5.82 Å². The van der Waals surface area contributed by atoms with Crippen LogP contribution in [0.3, 0.4) is 0 Å². The van der Waals surface area contributed by atoms with Gasteiger partial charge < -0.3 is 10.1 Å². The number of ether oxygens (including phenoxy) is 1. The predicted molar refractivity (Wildman–Crippen MR) is 73.9 cm³/mol. The van der Waals surface area contributed by atoms with Crippen molar-refractivity contribution in [2.45, 2.75) is 45.8 Å². The number of nitrogens with one attached hydrogen (secondary N) is 1. The highest BCUT2D eigenvalue weighted by Gasteiger charge is 2.08. The lowest BCUT2D eigenvalue weighted by Crippen LogP contribution is -2.34. The van der Waals surface area contributed by atoms with Crippen LogP contribution in [0.15, 0.2) is 18.2 Å². The summed E-state index contributed by atoms with van der Waals surface area (Å²) in [4.78, 5) is 0. The average Bonchev–Trinajstić information content (AvgIpc) is 2.32. The van der Waals surface area contributed by atoms with Crippen molar-refractivity contribution in [2.75, 3.05) is 6.54 Å². The van der Waals surface area contributed by atoms with Gasteiger partial charge in [0.2, 0.25) is 0 Å². The molecule has 2 unspecified atom stereocenters. The lowest BCUT2D eigenvalue weighted by atomic mass is 10.2. The maximum atomic E-state index is 13.0. The van der Waals surface area contributed by atoms with Gasteiger partial charge in [0, 0.05) is 18.7 Å². The maximum absolute atomic E-state index is 13.0. The van der Waals surface area contributed by atoms with Crippen LogP contribution in [0, 0.1) is 5.82 Å². The van der Waals surface area contributed by atoms with E-state index in [1.807, 2.05) is 6.92 Å². The zero-order valence-electron chi connectivity index (χ0n) is 11.2. The van der Waals surface area contributed by atoms with E-state index in [4.69, 9.17) is 16.3 Å². The molecule has 0 aliphatic rings. The fraction of sp³-hybridized carbons (Fsp3) is 0.571. The molecule has 1 rings (SSSR count). The second kappa shape index (κ2) is 7.59. The summed E-state index contributed by atoms with van der Waals surface area (Å²) in [6.45, 7) is 7.06. The molecule has 1 aromatic rings. The van der Waals surface area contributed by atoms with Crippen molar-refractivity contribution in [3.05, 3.63) is 29.0 Å². The van der Waals surface area contributed by atoms with Crippen molar-refractivity contribution in [2.24, 2.45) is 0 Å². The minimum absolute atomic E-state index is 0.0193. The second-order valence-corrected chi connectivity index (χ2v) is 5.01. The standard InChI is InChI=1S/C14H21ClFNO/c1-4-5-10(2)17-9-11(3)18-12-6-7-14(16)13(15)8-12/h6-8,10-11,17H,4-5,9H2,1-3H3. The average molecular weight is 274 g/mol. The van der Waals surface area contributed by atoms with Gasteiger partial charge in [-0.2, -0.15) is 0 Å². The maximum Gasteiger partial charge on any atom is 0.142 e. The molecule has 0 heterocycles. The van der Waals surface area contributed by atoms with E-state index in [0.717, 1.165) is 19.4 Å². The topological polar surface area (TPSA) is 21.3 Å².